The lowest BCUT2D eigenvalue weighted by Crippen LogP contribution is -1.98. The van der Waals surface area contributed by atoms with Crippen LogP contribution in [0.1, 0.15) is 17.7 Å². The quantitative estimate of drug-likeness (QED) is 0.903. The van der Waals surface area contributed by atoms with Crippen molar-refractivity contribution in [3.05, 3.63) is 41.0 Å². The molecule has 3 nitrogen and oxygen atoms in total. The van der Waals surface area contributed by atoms with Crippen LogP contribution in [0.3, 0.4) is 0 Å². The third kappa shape index (κ3) is 2.91. The zero-order valence-electron chi connectivity index (χ0n) is 9.51. The maximum Gasteiger partial charge on any atom is 0.303 e. The maximum atomic E-state index is 10.6. The molecule has 0 aliphatic carbocycles. The van der Waals surface area contributed by atoms with Gasteiger partial charge in [0, 0.05) is 6.42 Å². The van der Waals surface area contributed by atoms with E-state index in [1.54, 1.807) is 16.8 Å². The normalized spacial score (nSPS) is 10.4. The van der Waals surface area contributed by atoms with Crippen LogP contribution in [0.4, 0.5) is 0 Å². The van der Waals surface area contributed by atoms with Crippen LogP contribution in [0.15, 0.2) is 29.8 Å². The number of hydrogen-bond acceptors (Lipinski definition) is 3. The van der Waals surface area contributed by atoms with Crippen molar-refractivity contribution in [2.45, 2.75) is 19.8 Å². The van der Waals surface area contributed by atoms with Gasteiger partial charge in [0.2, 0.25) is 0 Å². The molecule has 0 saturated carbocycles. The molecule has 1 heterocycles. The maximum absolute atomic E-state index is 10.6. The lowest BCUT2D eigenvalue weighted by Gasteiger charge is -2.02. The fourth-order valence-corrected chi connectivity index (χ4v) is 2.53. The molecule has 0 saturated heterocycles. The molecule has 1 aromatic heterocycles. The summed E-state index contributed by atoms with van der Waals surface area (Å²) in [6, 6.07) is 8.18. The number of thiazole rings is 1. The van der Waals surface area contributed by atoms with E-state index in [1.807, 2.05) is 25.1 Å². The second-order valence-electron chi connectivity index (χ2n) is 3.89. The molecule has 2 aromatic rings. The van der Waals surface area contributed by atoms with Crippen LogP contribution in [0.2, 0.25) is 0 Å². The van der Waals surface area contributed by atoms with Crippen LogP contribution in [-0.4, -0.2) is 16.1 Å². The highest BCUT2D eigenvalue weighted by molar-refractivity contribution is 7.13. The van der Waals surface area contributed by atoms with E-state index in [0.29, 0.717) is 6.42 Å². The molecule has 88 valence electrons. The summed E-state index contributed by atoms with van der Waals surface area (Å²) in [5.74, 6) is -0.784. The minimum absolute atomic E-state index is 0.128. The monoisotopic (exact) mass is 247 g/mol. The van der Waals surface area contributed by atoms with Crippen LogP contribution < -0.4 is 0 Å². The van der Waals surface area contributed by atoms with E-state index in [1.165, 1.54) is 5.56 Å². The summed E-state index contributed by atoms with van der Waals surface area (Å²) in [7, 11) is 0. The van der Waals surface area contributed by atoms with Crippen molar-refractivity contribution < 1.29 is 9.90 Å². The molecule has 0 spiro atoms. The average molecular weight is 247 g/mol. The second-order valence-corrected chi connectivity index (χ2v) is 4.75. The minimum Gasteiger partial charge on any atom is -0.481 e. The first-order valence-corrected chi connectivity index (χ1v) is 6.26. The van der Waals surface area contributed by atoms with Crippen LogP contribution in [0, 0.1) is 6.92 Å². The van der Waals surface area contributed by atoms with Gasteiger partial charge >= 0.3 is 5.97 Å². The molecule has 0 aliphatic heterocycles. The first-order chi connectivity index (χ1) is 8.16. The lowest BCUT2D eigenvalue weighted by atomic mass is 10.1. The standard InChI is InChI=1S/C13H13NO2S/c1-9-3-2-4-10(7-9)13-11(14-8-17-13)5-6-12(15)16/h2-4,7-8H,5-6H2,1H3,(H,15,16). The Morgan fingerprint density at radius 3 is 3.00 bits per heavy atom. The van der Waals surface area contributed by atoms with Crippen molar-refractivity contribution >= 4 is 17.3 Å². The highest BCUT2D eigenvalue weighted by Crippen LogP contribution is 2.28. The summed E-state index contributed by atoms with van der Waals surface area (Å²) < 4.78 is 0. The number of aliphatic carboxylic acids is 1. The van der Waals surface area contributed by atoms with Gasteiger partial charge in [-0.15, -0.1) is 11.3 Å². The number of carbonyl (C=O) groups is 1. The largest absolute Gasteiger partial charge is 0.481 e. The van der Waals surface area contributed by atoms with Crippen molar-refractivity contribution in [3.8, 4) is 10.4 Å². The van der Waals surface area contributed by atoms with Gasteiger partial charge in [-0.2, -0.15) is 0 Å². The van der Waals surface area contributed by atoms with Crippen molar-refractivity contribution in [2.75, 3.05) is 0 Å². The van der Waals surface area contributed by atoms with Crippen molar-refractivity contribution in [2.24, 2.45) is 0 Å². The smallest absolute Gasteiger partial charge is 0.303 e. The summed E-state index contributed by atoms with van der Waals surface area (Å²) in [5.41, 5.74) is 4.96. The summed E-state index contributed by atoms with van der Waals surface area (Å²) in [6.07, 6.45) is 0.616. The molecule has 1 N–H and O–H groups in total. The van der Waals surface area contributed by atoms with Gasteiger partial charge in [0.1, 0.15) is 0 Å². The topological polar surface area (TPSA) is 50.2 Å². The molecule has 0 aliphatic rings. The third-order valence-electron chi connectivity index (χ3n) is 2.50. The number of carboxylic acids is 1. The Kier molecular flexibility index (Phi) is 3.54. The number of aromatic nitrogens is 1. The fourth-order valence-electron chi connectivity index (χ4n) is 1.69. The van der Waals surface area contributed by atoms with E-state index < -0.39 is 5.97 Å². The van der Waals surface area contributed by atoms with E-state index in [9.17, 15) is 4.79 Å². The summed E-state index contributed by atoms with van der Waals surface area (Å²) in [5, 5.41) is 8.69. The molecule has 1 aromatic carbocycles. The zero-order valence-corrected chi connectivity index (χ0v) is 10.3. The molecule has 0 bridgehead atoms. The van der Waals surface area contributed by atoms with Crippen LogP contribution in [0.5, 0.6) is 0 Å². The Morgan fingerprint density at radius 2 is 2.29 bits per heavy atom. The van der Waals surface area contributed by atoms with E-state index in [2.05, 4.69) is 11.1 Å². The first-order valence-electron chi connectivity index (χ1n) is 5.38. The van der Waals surface area contributed by atoms with Crippen LogP contribution in [-0.2, 0) is 11.2 Å². The zero-order chi connectivity index (χ0) is 12.3. The van der Waals surface area contributed by atoms with Crippen LogP contribution >= 0.6 is 11.3 Å². The number of nitrogens with zero attached hydrogens (tertiary/aromatic N) is 1. The van der Waals surface area contributed by atoms with Gasteiger partial charge in [-0.3, -0.25) is 4.79 Å². The molecule has 0 unspecified atom stereocenters. The molecule has 4 heteroatoms. The Labute approximate surface area is 104 Å². The van der Waals surface area contributed by atoms with E-state index in [4.69, 9.17) is 5.11 Å². The van der Waals surface area contributed by atoms with E-state index in [0.717, 1.165) is 16.1 Å². The van der Waals surface area contributed by atoms with E-state index >= 15 is 0 Å². The SMILES string of the molecule is Cc1cccc(-c2scnc2CCC(=O)O)c1. The van der Waals surface area contributed by atoms with Gasteiger partial charge in [0.05, 0.1) is 22.5 Å². The van der Waals surface area contributed by atoms with Crippen molar-refractivity contribution in [1.29, 1.82) is 0 Å². The highest BCUT2D eigenvalue weighted by Gasteiger charge is 2.10. The van der Waals surface area contributed by atoms with Gasteiger partial charge in [-0.1, -0.05) is 29.8 Å². The highest BCUT2D eigenvalue weighted by atomic mass is 32.1. The number of rotatable bonds is 4. The second kappa shape index (κ2) is 5.10. The number of benzene rings is 1. The van der Waals surface area contributed by atoms with Crippen molar-refractivity contribution in [3.63, 3.8) is 0 Å². The summed E-state index contributed by atoms with van der Waals surface area (Å²) >= 11 is 1.56. The summed E-state index contributed by atoms with van der Waals surface area (Å²) in [4.78, 5) is 15.9. The van der Waals surface area contributed by atoms with Gasteiger partial charge in [-0.25, -0.2) is 4.98 Å². The number of aryl methyl sites for hydroxylation is 2. The van der Waals surface area contributed by atoms with Gasteiger partial charge < -0.3 is 5.11 Å². The Hall–Kier alpha value is -1.68. The molecule has 2 rings (SSSR count). The van der Waals surface area contributed by atoms with Gasteiger partial charge in [-0.05, 0) is 12.5 Å². The number of carboxylic acid groups (broad SMARTS) is 1. The molecule has 17 heavy (non-hydrogen) atoms. The Morgan fingerprint density at radius 1 is 1.47 bits per heavy atom. The molecular formula is C13H13NO2S. The Bertz CT molecular complexity index is 534. The predicted molar refractivity (Wildman–Crippen MR) is 68.2 cm³/mol. The molecule has 0 radical (unpaired) electrons. The van der Waals surface area contributed by atoms with Crippen molar-refractivity contribution in [1.82, 2.24) is 4.98 Å². The molecule has 0 amide bonds. The first kappa shape index (κ1) is 11.8. The number of hydrogen-bond donors (Lipinski definition) is 1. The van der Waals surface area contributed by atoms with Crippen LogP contribution in [0.25, 0.3) is 10.4 Å². The average Bonchev–Trinajstić information content (AvgIpc) is 2.74. The molecule has 0 atom stereocenters. The van der Waals surface area contributed by atoms with Gasteiger partial charge in [0.25, 0.3) is 0 Å². The fraction of sp³-hybridized carbons (Fsp3) is 0.231. The lowest BCUT2D eigenvalue weighted by molar-refractivity contribution is -0.136. The molecular weight excluding hydrogens is 234 g/mol. The summed E-state index contributed by atoms with van der Waals surface area (Å²) in [6.45, 7) is 2.04. The third-order valence-corrected chi connectivity index (χ3v) is 3.41. The minimum atomic E-state index is -0.784. The predicted octanol–water partition coefficient (Wildman–Crippen LogP) is 3.14. The van der Waals surface area contributed by atoms with Gasteiger partial charge in [0.15, 0.2) is 0 Å². The molecule has 0 fully saturated rings. The van der Waals surface area contributed by atoms with E-state index in [-0.39, 0.29) is 6.42 Å². The Balaban J connectivity index is 2.27.